The lowest BCUT2D eigenvalue weighted by molar-refractivity contribution is -0.114. The Morgan fingerprint density at radius 2 is 1.58 bits per heavy atom. The summed E-state index contributed by atoms with van der Waals surface area (Å²) in [5, 5.41) is 2.60. The number of benzene rings is 3. The molecule has 0 atom stereocenters. The molecule has 0 saturated heterocycles. The summed E-state index contributed by atoms with van der Waals surface area (Å²) in [5.41, 5.74) is 7.80. The van der Waals surface area contributed by atoms with Crippen LogP contribution in [0.4, 0.5) is 11.4 Å². The third-order valence-corrected chi connectivity index (χ3v) is 6.48. The zero-order valence-corrected chi connectivity index (χ0v) is 18.0. The summed E-state index contributed by atoms with van der Waals surface area (Å²) in [6, 6.07) is 19.5. The van der Waals surface area contributed by atoms with Crippen molar-refractivity contribution in [3.63, 3.8) is 0 Å². The van der Waals surface area contributed by atoms with Crippen LogP contribution in [0.25, 0.3) is 0 Å². The van der Waals surface area contributed by atoms with Gasteiger partial charge in [0.15, 0.2) is 0 Å². The van der Waals surface area contributed by atoms with Crippen LogP contribution < -0.4 is 15.4 Å². The smallest absolute Gasteiger partial charge is 0.264 e. The van der Waals surface area contributed by atoms with Crippen LogP contribution in [0.1, 0.15) is 21.5 Å². The Bertz CT molecular complexity index is 1220. The molecule has 31 heavy (non-hydrogen) atoms. The van der Waals surface area contributed by atoms with E-state index < -0.39 is 28.4 Å². The molecule has 0 aromatic heterocycles. The number of nitrogens with one attached hydrogen (secondary N) is 1. The number of carbonyl (C=O) groups excluding carboxylic acids is 2. The lowest BCUT2D eigenvalue weighted by atomic mass is 10.1. The molecule has 0 heterocycles. The number of primary amides is 1. The minimum Gasteiger partial charge on any atom is -0.366 e. The molecule has 8 heteroatoms. The molecule has 3 aromatic carbocycles. The number of aryl methyl sites for hydroxylation is 2. The highest BCUT2D eigenvalue weighted by atomic mass is 32.2. The summed E-state index contributed by atoms with van der Waals surface area (Å²) in [7, 11) is -4.02. The first-order valence-electron chi connectivity index (χ1n) is 9.54. The molecule has 0 radical (unpaired) electrons. The second-order valence-electron chi connectivity index (χ2n) is 7.07. The van der Waals surface area contributed by atoms with E-state index in [4.69, 9.17) is 5.73 Å². The van der Waals surface area contributed by atoms with E-state index in [9.17, 15) is 18.0 Å². The first-order valence-corrected chi connectivity index (χ1v) is 11.0. The third-order valence-electron chi connectivity index (χ3n) is 4.71. The van der Waals surface area contributed by atoms with Crippen molar-refractivity contribution in [3.05, 3.63) is 89.5 Å². The number of nitrogens with zero attached hydrogens (tertiary/aromatic N) is 1. The summed E-state index contributed by atoms with van der Waals surface area (Å²) in [4.78, 5) is 24.6. The van der Waals surface area contributed by atoms with Gasteiger partial charge in [-0.1, -0.05) is 48.0 Å². The predicted molar refractivity (Wildman–Crippen MR) is 120 cm³/mol. The second-order valence-corrected chi connectivity index (χ2v) is 8.93. The fourth-order valence-corrected chi connectivity index (χ4v) is 4.74. The highest BCUT2D eigenvalue weighted by molar-refractivity contribution is 7.92. The standard InChI is InChI=1S/C23H23N3O4S/c1-16-12-13-21(17(2)14-16)26(31(29,30)18-8-4-3-5-9-18)15-22(27)25-20-11-7-6-10-19(20)23(24)28/h3-14H,15H2,1-2H3,(H2,24,28)(H,25,27). The van der Waals surface area contributed by atoms with Gasteiger partial charge < -0.3 is 11.1 Å². The van der Waals surface area contributed by atoms with Crippen LogP contribution in [0.5, 0.6) is 0 Å². The summed E-state index contributed by atoms with van der Waals surface area (Å²) in [6.45, 7) is 3.21. The average molecular weight is 438 g/mol. The minimum absolute atomic E-state index is 0.0697. The monoisotopic (exact) mass is 437 g/mol. The van der Waals surface area contributed by atoms with E-state index in [1.54, 1.807) is 49.4 Å². The predicted octanol–water partition coefficient (Wildman–Crippen LogP) is 3.24. The van der Waals surface area contributed by atoms with E-state index in [0.29, 0.717) is 11.3 Å². The van der Waals surface area contributed by atoms with Crippen molar-refractivity contribution in [2.24, 2.45) is 5.73 Å². The molecule has 0 aliphatic rings. The van der Waals surface area contributed by atoms with Crippen molar-refractivity contribution in [2.75, 3.05) is 16.2 Å². The van der Waals surface area contributed by atoms with E-state index in [2.05, 4.69) is 5.32 Å². The van der Waals surface area contributed by atoms with Gasteiger partial charge in [0, 0.05) is 0 Å². The molecule has 0 aliphatic heterocycles. The van der Waals surface area contributed by atoms with Crippen LogP contribution in [0, 0.1) is 13.8 Å². The van der Waals surface area contributed by atoms with Gasteiger partial charge in [-0.15, -0.1) is 0 Å². The summed E-state index contributed by atoms with van der Waals surface area (Å²) in [6.07, 6.45) is 0. The maximum atomic E-state index is 13.4. The zero-order valence-electron chi connectivity index (χ0n) is 17.2. The second kappa shape index (κ2) is 9.01. The van der Waals surface area contributed by atoms with Crippen LogP contribution in [0.3, 0.4) is 0 Å². The van der Waals surface area contributed by atoms with E-state index in [-0.39, 0.29) is 16.1 Å². The molecule has 3 rings (SSSR count). The number of carbonyl (C=O) groups is 2. The number of hydrogen-bond acceptors (Lipinski definition) is 4. The topological polar surface area (TPSA) is 110 Å². The fourth-order valence-electron chi connectivity index (χ4n) is 3.23. The van der Waals surface area contributed by atoms with Crippen LogP contribution in [0.15, 0.2) is 77.7 Å². The number of amides is 2. The van der Waals surface area contributed by atoms with Crippen LogP contribution in [-0.2, 0) is 14.8 Å². The highest BCUT2D eigenvalue weighted by Gasteiger charge is 2.28. The van der Waals surface area contributed by atoms with Crippen molar-refractivity contribution in [2.45, 2.75) is 18.7 Å². The SMILES string of the molecule is Cc1ccc(N(CC(=O)Nc2ccccc2C(N)=O)S(=O)(=O)c2ccccc2)c(C)c1. The number of hydrogen-bond donors (Lipinski definition) is 2. The van der Waals surface area contributed by atoms with E-state index >= 15 is 0 Å². The Labute approximate surface area is 181 Å². The molecule has 7 nitrogen and oxygen atoms in total. The van der Waals surface area contributed by atoms with Crippen LogP contribution >= 0.6 is 0 Å². The van der Waals surface area contributed by atoms with Crippen LogP contribution in [-0.4, -0.2) is 26.8 Å². The maximum absolute atomic E-state index is 13.4. The third kappa shape index (κ3) is 4.92. The van der Waals surface area contributed by atoms with Gasteiger partial charge in [-0.25, -0.2) is 8.42 Å². The van der Waals surface area contributed by atoms with E-state index in [1.165, 1.54) is 24.3 Å². The normalized spacial score (nSPS) is 11.0. The lowest BCUT2D eigenvalue weighted by Gasteiger charge is -2.26. The van der Waals surface area contributed by atoms with Gasteiger partial charge in [0.2, 0.25) is 5.91 Å². The molecule has 0 aliphatic carbocycles. The average Bonchev–Trinajstić information content (AvgIpc) is 2.73. The van der Waals surface area contributed by atoms with Crippen molar-refractivity contribution < 1.29 is 18.0 Å². The first-order chi connectivity index (χ1) is 14.7. The van der Waals surface area contributed by atoms with Gasteiger partial charge in [0.1, 0.15) is 6.54 Å². The van der Waals surface area contributed by atoms with Gasteiger partial charge in [-0.05, 0) is 49.7 Å². The summed E-state index contributed by atoms with van der Waals surface area (Å²) < 4.78 is 27.9. The Morgan fingerprint density at radius 1 is 0.935 bits per heavy atom. The molecule has 0 saturated carbocycles. The highest BCUT2D eigenvalue weighted by Crippen LogP contribution is 2.27. The largest absolute Gasteiger partial charge is 0.366 e. The molecule has 3 aromatic rings. The number of nitrogens with two attached hydrogens (primary N) is 1. The summed E-state index contributed by atoms with van der Waals surface area (Å²) >= 11 is 0. The molecular formula is C23H23N3O4S. The number of para-hydroxylation sites is 1. The first kappa shape index (κ1) is 22.0. The van der Waals surface area contributed by atoms with Gasteiger partial charge in [-0.3, -0.25) is 13.9 Å². The molecule has 0 bridgehead atoms. The molecule has 0 unspecified atom stereocenters. The number of anilines is 2. The Balaban J connectivity index is 2.00. The van der Waals surface area contributed by atoms with Crippen molar-refractivity contribution in [1.29, 1.82) is 0 Å². The number of sulfonamides is 1. The molecule has 2 amide bonds. The Hall–Kier alpha value is -3.65. The van der Waals surface area contributed by atoms with Gasteiger partial charge >= 0.3 is 0 Å². The lowest BCUT2D eigenvalue weighted by Crippen LogP contribution is -2.38. The van der Waals surface area contributed by atoms with Crippen molar-refractivity contribution >= 4 is 33.2 Å². The minimum atomic E-state index is -4.02. The van der Waals surface area contributed by atoms with Gasteiger partial charge in [0.25, 0.3) is 15.9 Å². The summed E-state index contributed by atoms with van der Waals surface area (Å²) in [5.74, 6) is -1.30. The van der Waals surface area contributed by atoms with Crippen LogP contribution in [0.2, 0.25) is 0 Å². The zero-order chi connectivity index (χ0) is 22.6. The van der Waals surface area contributed by atoms with Gasteiger partial charge in [0.05, 0.1) is 21.8 Å². The quantitative estimate of drug-likeness (QED) is 0.591. The molecular weight excluding hydrogens is 414 g/mol. The molecule has 160 valence electrons. The molecule has 3 N–H and O–H groups in total. The Morgan fingerprint density at radius 3 is 2.23 bits per heavy atom. The van der Waals surface area contributed by atoms with Gasteiger partial charge in [-0.2, -0.15) is 0 Å². The van der Waals surface area contributed by atoms with E-state index in [0.717, 1.165) is 9.87 Å². The van der Waals surface area contributed by atoms with Crippen molar-refractivity contribution in [3.8, 4) is 0 Å². The van der Waals surface area contributed by atoms with E-state index in [1.807, 2.05) is 13.0 Å². The Kier molecular flexibility index (Phi) is 6.41. The maximum Gasteiger partial charge on any atom is 0.264 e. The number of rotatable bonds is 7. The molecule has 0 fully saturated rings. The van der Waals surface area contributed by atoms with Crippen molar-refractivity contribution in [1.82, 2.24) is 0 Å². The molecule has 0 spiro atoms. The fraction of sp³-hybridized carbons (Fsp3) is 0.130.